The van der Waals surface area contributed by atoms with Crippen molar-refractivity contribution in [3.63, 3.8) is 0 Å². The lowest BCUT2D eigenvalue weighted by atomic mass is 10.0. The normalized spacial score (nSPS) is 12.3. The SMILES string of the molecule is CCCCCCCCCCCCCCCCCCN(CCCCCCCCCCCCCCCCCC)C(=O)[C@H](CCCCN)NC(=O)OC(C)(C)C. The highest BCUT2D eigenvalue weighted by Crippen LogP contribution is 2.17. The quantitative estimate of drug-likeness (QED) is 0.0611. The van der Waals surface area contributed by atoms with Crippen molar-refractivity contribution in [1.82, 2.24) is 10.2 Å². The Morgan fingerprint density at radius 3 is 1.08 bits per heavy atom. The molecule has 316 valence electrons. The average molecular weight is 750 g/mol. The van der Waals surface area contributed by atoms with E-state index in [1.54, 1.807) is 0 Å². The van der Waals surface area contributed by atoms with E-state index in [1.165, 1.54) is 180 Å². The molecule has 0 aromatic carbocycles. The maximum absolute atomic E-state index is 13.9. The molecule has 0 aromatic heterocycles. The summed E-state index contributed by atoms with van der Waals surface area (Å²) in [6, 6.07) is -0.557. The lowest BCUT2D eigenvalue weighted by molar-refractivity contribution is -0.134. The molecule has 0 heterocycles. The van der Waals surface area contributed by atoms with E-state index in [0.29, 0.717) is 13.0 Å². The van der Waals surface area contributed by atoms with Crippen LogP contribution in [0.3, 0.4) is 0 Å². The van der Waals surface area contributed by atoms with Crippen molar-refractivity contribution in [2.45, 2.75) is 271 Å². The zero-order valence-electron chi connectivity index (χ0n) is 36.7. The summed E-state index contributed by atoms with van der Waals surface area (Å²) in [5.41, 5.74) is 5.17. The van der Waals surface area contributed by atoms with Crippen LogP contribution in [0.5, 0.6) is 0 Å². The first-order valence-corrected chi connectivity index (χ1v) is 23.7. The molecule has 6 nitrogen and oxygen atoms in total. The molecule has 0 radical (unpaired) electrons. The Hall–Kier alpha value is -1.30. The number of nitrogens with two attached hydrogens (primary N) is 1. The van der Waals surface area contributed by atoms with E-state index in [-0.39, 0.29) is 5.91 Å². The first kappa shape index (κ1) is 51.7. The van der Waals surface area contributed by atoms with Crippen molar-refractivity contribution in [1.29, 1.82) is 0 Å². The van der Waals surface area contributed by atoms with Crippen molar-refractivity contribution in [2.75, 3.05) is 19.6 Å². The number of amides is 2. The molecule has 3 N–H and O–H groups in total. The number of hydrogen-bond donors (Lipinski definition) is 2. The minimum atomic E-state index is -0.601. The van der Waals surface area contributed by atoms with Gasteiger partial charge in [-0.1, -0.05) is 206 Å². The topological polar surface area (TPSA) is 84.7 Å². The molecule has 0 saturated heterocycles. The molecule has 0 aliphatic heterocycles. The molecule has 0 spiro atoms. The third-order valence-electron chi connectivity index (χ3n) is 10.8. The summed E-state index contributed by atoms with van der Waals surface area (Å²) in [5.74, 6) is 0.0507. The van der Waals surface area contributed by atoms with Gasteiger partial charge >= 0.3 is 6.09 Å². The smallest absolute Gasteiger partial charge is 0.408 e. The zero-order valence-corrected chi connectivity index (χ0v) is 36.7. The number of carbonyl (C=O) groups is 2. The van der Waals surface area contributed by atoms with Gasteiger partial charge in [-0.05, 0) is 59.4 Å². The molecular weight excluding hydrogens is 655 g/mol. The van der Waals surface area contributed by atoms with Crippen molar-refractivity contribution < 1.29 is 14.3 Å². The molecule has 0 saturated carbocycles. The van der Waals surface area contributed by atoms with E-state index in [4.69, 9.17) is 10.5 Å². The second kappa shape index (κ2) is 39.0. The van der Waals surface area contributed by atoms with Crippen LogP contribution < -0.4 is 11.1 Å². The van der Waals surface area contributed by atoms with Crippen molar-refractivity contribution in [2.24, 2.45) is 5.73 Å². The lowest BCUT2D eigenvalue weighted by Crippen LogP contribution is -2.50. The van der Waals surface area contributed by atoms with Gasteiger partial charge < -0.3 is 20.7 Å². The Labute approximate surface area is 332 Å². The Bertz CT molecular complexity index is 747. The van der Waals surface area contributed by atoms with Gasteiger partial charge in [0.1, 0.15) is 11.6 Å². The van der Waals surface area contributed by atoms with E-state index >= 15 is 0 Å². The second-order valence-electron chi connectivity index (χ2n) is 17.4. The second-order valence-corrected chi connectivity index (χ2v) is 17.4. The number of ether oxygens (including phenoxy) is 1. The van der Waals surface area contributed by atoms with Gasteiger partial charge in [0.25, 0.3) is 0 Å². The number of hydrogen-bond acceptors (Lipinski definition) is 4. The Morgan fingerprint density at radius 2 is 0.792 bits per heavy atom. The van der Waals surface area contributed by atoms with Crippen molar-refractivity contribution in [3.05, 3.63) is 0 Å². The van der Waals surface area contributed by atoms with Gasteiger partial charge in [-0.25, -0.2) is 4.79 Å². The third-order valence-corrected chi connectivity index (χ3v) is 10.8. The van der Waals surface area contributed by atoms with Crippen LogP contribution in [0.4, 0.5) is 4.79 Å². The highest BCUT2D eigenvalue weighted by Gasteiger charge is 2.27. The molecule has 0 aliphatic rings. The maximum atomic E-state index is 13.9. The fourth-order valence-corrected chi connectivity index (χ4v) is 7.45. The molecule has 1 atom stereocenters. The molecular formula is C47H95N3O3. The Kier molecular flexibility index (Phi) is 38.0. The van der Waals surface area contributed by atoms with Crippen LogP contribution in [0.25, 0.3) is 0 Å². The molecule has 6 heteroatoms. The summed E-state index contributed by atoms with van der Waals surface area (Å²) in [6.45, 7) is 12.3. The van der Waals surface area contributed by atoms with Gasteiger partial charge in [-0.3, -0.25) is 4.79 Å². The van der Waals surface area contributed by atoms with Crippen molar-refractivity contribution >= 4 is 12.0 Å². The summed E-state index contributed by atoms with van der Waals surface area (Å²) < 4.78 is 5.55. The van der Waals surface area contributed by atoms with Crippen LogP contribution in [0, 0.1) is 0 Å². The summed E-state index contributed by atoms with van der Waals surface area (Å²) >= 11 is 0. The van der Waals surface area contributed by atoms with Gasteiger partial charge in [-0.15, -0.1) is 0 Å². The Morgan fingerprint density at radius 1 is 0.491 bits per heavy atom. The average Bonchev–Trinajstić information content (AvgIpc) is 3.12. The number of alkyl carbamates (subject to hydrolysis) is 1. The molecule has 2 amide bonds. The summed E-state index contributed by atoms with van der Waals surface area (Å²) in [7, 11) is 0. The number of rotatable bonds is 40. The summed E-state index contributed by atoms with van der Waals surface area (Å²) in [6.07, 6.45) is 44.7. The van der Waals surface area contributed by atoms with Gasteiger partial charge in [0.15, 0.2) is 0 Å². The van der Waals surface area contributed by atoms with Gasteiger partial charge in [0.05, 0.1) is 0 Å². The van der Waals surface area contributed by atoms with E-state index in [2.05, 4.69) is 24.1 Å². The molecule has 0 aromatic rings. The van der Waals surface area contributed by atoms with E-state index < -0.39 is 17.7 Å². The van der Waals surface area contributed by atoms with Crippen LogP contribution in [-0.4, -0.2) is 48.2 Å². The van der Waals surface area contributed by atoms with Gasteiger partial charge in [0, 0.05) is 13.1 Å². The molecule has 0 rings (SSSR count). The third kappa shape index (κ3) is 37.4. The largest absolute Gasteiger partial charge is 0.444 e. The van der Waals surface area contributed by atoms with Gasteiger partial charge in [-0.2, -0.15) is 0 Å². The fourth-order valence-electron chi connectivity index (χ4n) is 7.45. The van der Waals surface area contributed by atoms with E-state index in [9.17, 15) is 9.59 Å². The van der Waals surface area contributed by atoms with Crippen LogP contribution in [0.15, 0.2) is 0 Å². The van der Waals surface area contributed by atoms with Crippen LogP contribution in [0.1, 0.15) is 259 Å². The predicted molar refractivity (Wildman–Crippen MR) is 232 cm³/mol. The minimum Gasteiger partial charge on any atom is -0.444 e. The summed E-state index contributed by atoms with van der Waals surface area (Å²) in [4.78, 5) is 28.7. The molecule has 0 bridgehead atoms. The van der Waals surface area contributed by atoms with Crippen molar-refractivity contribution in [3.8, 4) is 0 Å². The fraction of sp³-hybridized carbons (Fsp3) is 0.957. The molecule has 0 fully saturated rings. The van der Waals surface area contributed by atoms with Crippen LogP contribution >= 0.6 is 0 Å². The number of carbonyl (C=O) groups excluding carboxylic acids is 2. The van der Waals surface area contributed by atoms with Crippen LogP contribution in [-0.2, 0) is 9.53 Å². The minimum absolute atomic E-state index is 0.0507. The monoisotopic (exact) mass is 750 g/mol. The molecule has 53 heavy (non-hydrogen) atoms. The predicted octanol–water partition coefficient (Wildman–Crippen LogP) is 14.4. The van der Waals surface area contributed by atoms with E-state index in [0.717, 1.165) is 51.6 Å². The first-order valence-electron chi connectivity index (χ1n) is 23.7. The maximum Gasteiger partial charge on any atom is 0.408 e. The number of nitrogens with one attached hydrogen (secondary N) is 1. The standard InChI is InChI=1S/C47H95N3O3/c1-6-8-10-12-14-16-18-20-22-24-26-28-30-32-34-38-42-50(45(51)44(40-36-37-41-48)49-46(52)53-47(3,4)5)43-39-35-33-31-29-27-25-23-21-19-17-15-13-11-9-7-2/h44H,6-43,48H2,1-5H3,(H,49,52)/t44-/m0/s1. The first-order chi connectivity index (χ1) is 25.7. The highest BCUT2D eigenvalue weighted by atomic mass is 16.6. The van der Waals surface area contributed by atoms with E-state index in [1.807, 2.05) is 20.8 Å². The number of nitrogens with zero attached hydrogens (tertiary/aromatic N) is 1. The Balaban J connectivity index is 4.55. The summed E-state index contributed by atoms with van der Waals surface area (Å²) in [5, 5.41) is 2.93. The van der Waals surface area contributed by atoms with Crippen LogP contribution in [0.2, 0.25) is 0 Å². The number of unbranched alkanes of at least 4 members (excludes halogenated alkanes) is 31. The molecule has 0 aliphatic carbocycles. The molecule has 0 unspecified atom stereocenters. The highest BCUT2D eigenvalue weighted by molar-refractivity contribution is 5.85. The lowest BCUT2D eigenvalue weighted by Gasteiger charge is -2.29. The van der Waals surface area contributed by atoms with Gasteiger partial charge in [0.2, 0.25) is 5.91 Å². The zero-order chi connectivity index (χ0) is 39.1.